The van der Waals surface area contributed by atoms with Crippen LogP contribution in [0.4, 0.5) is 43.8 Å². The van der Waals surface area contributed by atoms with E-state index in [0.717, 1.165) is 114 Å². The van der Waals surface area contributed by atoms with Gasteiger partial charge in [0.2, 0.25) is 23.6 Å². The van der Waals surface area contributed by atoms with Crippen LogP contribution in [0.5, 0.6) is 5.88 Å². The third-order valence-electron chi connectivity index (χ3n) is 21.3. The maximum atomic E-state index is 13.5. The number of aromatic nitrogens is 14. The highest BCUT2D eigenvalue weighted by atomic mass is 35.5. The van der Waals surface area contributed by atoms with Crippen molar-refractivity contribution in [1.29, 1.82) is 10.7 Å². The molecule has 2 aliphatic heterocycles. The fraction of sp³-hybridized carbons (Fsp3) is 0.494. The number of carbonyl (C=O) groups excluding carboxylic acids is 2. The Morgan fingerprint density at radius 2 is 0.921 bits per heavy atom. The quantitative estimate of drug-likeness (QED) is 0.0125. The van der Waals surface area contributed by atoms with Gasteiger partial charge in [-0.1, -0.05) is 34.8 Å². The number of nitrogen functional groups attached to an aromatic ring is 1. The Kier molecular flexibility index (Phi) is 39.6. The van der Waals surface area contributed by atoms with Gasteiger partial charge in [-0.15, -0.1) is 0 Å². The molecule has 3 aliphatic carbocycles. The molecule has 5 aliphatic rings. The highest BCUT2D eigenvalue weighted by molar-refractivity contribution is 6.33. The number of rotatable bonds is 14. The van der Waals surface area contributed by atoms with E-state index in [-0.39, 0.29) is 93.6 Å². The molecule has 686 valence electrons. The number of aromatic hydroxyl groups is 1. The van der Waals surface area contributed by atoms with Gasteiger partial charge in [-0.05, 0) is 167 Å². The number of hydrogen-bond acceptors (Lipinski definition) is 22. The predicted octanol–water partition coefficient (Wildman–Crippen LogP) is 15.4. The number of nitriles is 1. The van der Waals surface area contributed by atoms with E-state index in [9.17, 15) is 45.8 Å². The molecule has 0 atom stereocenters. The Labute approximate surface area is 745 Å². The van der Waals surface area contributed by atoms with Crippen LogP contribution in [0.3, 0.4) is 0 Å². The van der Waals surface area contributed by atoms with Crippen molar-refractivity contribution < 1.29 is 60.0 Å². The molecule has 0 radical (unpaired) electrons. The number of morpholine rings is 2. The van der Waals surface area contributed by atoms with Gasteiger partial charge in [-0.2, -0.15) is 10.2 Å². The van der Waals surface area contributed by atoms with E-state index in [1.165, 1.54) is 6.07 Å². The van der Waals surface area contributed by atoms with Crippen LogP contribution in [0, 0.1) is 58.3 Å². The minimum absolute atomic E-state index is 0.00932. The molecule has 39 heteroatoms. The second kappa shape index (κ2) is 48.8. The Bertz CT molecular complexity index is 5200. The number of halogens is 9. The molecule has 15 rings (SSSR count). The summed E-state index contributed by atoms with van der Waals surface area (Å²) >= 11 is 17.7. The van der Waals surface area contributed by atoms with E-state index in [2.05, 4.69) is 70.9 Å². The number of hydrogen-bond donors (Lipinski definition) is 8. The number of amidine groups is 1. The lowest BCUT2D eigenvalue weighted by atomic mass is 9.92. The van der Waals surface area contributed by atoms with E-state index >= 15 is 0 Å². The normalized spacial score (nSPS) is 15.7. The number of alkyl halides is 6. The molecule has 12 heterocycles. The van der Waals surface area contributed by atoms with Crippen molar-refractivity contribution >= 4 is 70.0 Å². The number of H-pyrrole nitrogens is 1. The fourth-order valence-corrected chi connectivity index (χ4v) is 13.7. The first-order chi connectivity index (χ1) is 59.6. The van der Waals surface area contributed by atoms with Gasteiger partial charge in [-0.3, -0.25) is 19.8 Å². The first-order valence-corrected chi connectivity index (χ1v) is 42.5. The van der Waals surface area contributed by atoms with Crippen molar-refractivity contribution in [2.24, 2.45) is 53.8 Å². The highest BCUT2D eigenvalue weighted by Crippen LogP contribution is 2.37. The minimum atomic E-state index is -2.53. The molecule has 0 spiro atoms. The second-order valence-electron chi connectivity index (χ2n) is 30.7. The molecule has 30 nitrogen and oxygen atoms in total. The average molecular weight is 1820 g/mol. The van der Waals surface area contributed by atoms with E-state index in [1.807, 2.05) is 186 Å². The SMILES string of the molecule is C1COCCN1.CCOC(=O)CC(=O)OCC.Cc1ccc(-c2nc(Cl)cc(Cl)n2)n1C.Cc1ccc(-c2nc(Cl)cc(NC3CCC(F)(F)CC3)n2)n1C.Cc1ccc(-c2nc(NC3CCC(F)(F)CC3)cc(N3CCOCC3)n2)n1C.Cc1ccc(-c2nc(O)cc(=O)[nH]2)n1C.Cc1ccc(C#N)n1C.Cc1ccc(C(=N)N)n1C.NC1CCC(F)(F)CC1. The summed E-state index contributed by atoms with van der Waals surface area (Å²) in [6, 6.07) is 31.4. The zero-order valence-corrected chi connectivity index (χ0v) is 76.1. The summed E-state index contributed by atoms with van der Waals surface area (Å²) in [5.74, 6) is -4.51. The standard InChI is InChI=1S/C20H27F2N5O.C16H19ClF2N4.C10H9Cl2N3.C10H11N3O2.C7H11N3.C7H8N2.C7H12O4.C6H11F2N.C4H9NO/c1-14-3-4-16(26(14)2)19-24-17(23-15-5-7-20(21,22)8-6-15)13-18(25-19)27-9-11-28-12-10-27;1-10-3-4-12(23(10)2)15-21-13(17)9-14(22-15)20-11-5-7-16(18,19)8-6-11;1-6-3-4-7(15(6)2)10-13-8(11)5-9(12)14-10;1-6-3-4-7(13(6)2)10-11-8(14)5-9(15)12-10;1-5-3-4-6(7(8)9)10(5)2;1-6-3-4-7(5-8)9(6)2;1-3-10-6(8)5-7(9)11-4-2;7-6(8)3-1-5(9)2-4-6;1-3-6-4-2-5-1/h3-4,13,15H,5-12H2,1-2H3,(H,23,24,25);3-4,9,11H,5-8H2,1-2H3,(H,20,21,22);3-5H,1-2H3;3-5H,1-2H3,(H2,11,12,14,15);3-4H,1-2H3,(H3,8,9);3-4H,1-2H3;3-5H2,1-2H3;5H,1-4,9H2;5H,1-4H2. The van der Waals surface area contributed by atoms with Gasteiger partial charge in [0.1, 0.15) is 56.9 Å². The van der Waals surface area contributed by atoms with Gasteiger partial charge in [0.15, 0.2) is 23.3 Å². The van der Waals surface area contributed by atoms with Crippen LogP contribution in [-0.2, 0) is 70.8 Å². The van der Waals surface area contributed by atoms with Crippen molar-refractivity contribution in [1.82, 2.24) is 72.6 Å². The van der Waals surface area contributed by atoms with E-state index in [0.29, 0.717) is 108 Å². The molecule has 10 aromatic heterocycles. The summed E-state index contributed by atoms with van der Waals surface area (Å²) in [7, 11) is 11.5. The number of nitrogens with zero attached hydrogens (tertiary/aromatic N) is 15. The molecule has 0 amide bonds. The Balaban J connectivity index is 0.000000202. The molecule has 3 saturated carbocycles. The van der Waals surface area contributed by atoms with E-state index in [4.69, 9.17) is 76.4 Å². The zero-order chi connectivity index (χ0) is 92.8. The largest absolute Gasteiger partial charge is 0.493 e. The van der Waals surface area contributed by atoms with Gasteiger partial charge < -0.3 is 88.8 Å². The maximum Gasteiger partial charge on any atom is 0.317 e. The summed E-state index contributed by atoms with van der Waals surface area (Å²) < 4.78 is 109. The van der Waals surface area contributed by atoms with Gasteiger partial charge in [0.05, 0.1) is 74.2 Å². The number of aryl methyl sites for hydroxylation is 6. The van der Waals surface area contributed by atoms with Crippen LogP contribution in [0.15, 0.2) is 102 Å². The molecular formula is C87H117Cl3F6N22O8. The molecule has 0 aromatic carbocycles. The lowest BCUT2D eigenvalue weighted by Crippen LogP contribution is -2.37. The van der Waals surface area contributed by atoms with Crippen molar-refractivity contribution in [3.8, 4) is 58.0 Å². The van der Waals surface area contributed by atoms with Crippen LogP contribution in [0.1, 0.15) is 143 Å². The summed E-state index contributed by atoms with van der Waals surface area (Å²) in [6.07, 6.45) is 2.04. The van der Waals surface area contributed by atoms with Crippen molar-refractivity contribution in [2.45, 2.75) is 175 Å². The molecule has 10 aromatic rings. The van der Waals surface area contributed by atoms with Crippen molar-refractivity contribution in [3.05, 3.63) is 168 Å². The fourth-order valence-electron chi connectivity index (χ4n) is 13.1. The number of nitrogens with one attached hydrogen (secondary N) is 5. The molecule has 0 unspecified atom stereocenters. The van der Waals surface area contributed by atoms with Crippen LogP contribution in [0.25, 0.3) is 46.1 Å². The Morgan fingerprint density at radius 3 is 1.26 bits per heavy atom. The monoisotopic (exact) mass is 1820 g/mol. The van der Waals surface area contributed by atoms with E-state index < -0.39 is 29.7 Å². The number of aromatic amines is 1. The summed E-state index contributed by atoms with van der Waals surface area (Å²) in [5.41, 5.74) is 21.9. The molecule has 10 N–H and O–H groups in total. The Hall–Kier alpha value is -10.8. The third kappa shape index (κ3) is 32.6. The first-order valence-electron chi connectivity index (χ1n) is 41.4. The second-order valence-corrected chi connectivity index (χ2v) is 31.8. The van der Waals surface area contributed by atoms with Gasteiger partial charge in [0, 0.05) is 177 Å². The molecule has 2 saturated heterocycles. The van der Waals surface area contributed by atoms with Crippen LogP contribution >= 0.6 is 34.8 Å². The number of anilines is 3. The molecule has 126 heavy (non-hydrogen) atoms. The summed E-state index contributed by atoms with van der Waals surface area (Å²) in [5, 5.41) is 35.6. The van der Waals surface area contributed by atoms with Gasteiger partial charge >= 0.3 is 11.9 Å². The maximum absolute atomic E-state index is 13.5. The number of nitrogens with two attached hydrogens (primary N) is 2. The minimum Gasteiger partial charge on any atom is -0.493 e. The van der Waals surface area contributed by atoms with Gasteiger partial charge in [0.25, 0.3) is 5.56 Å². The highest BCUT2D eigenvalue weighted by Gasteiger charge is 2.37. The molecule has 0 bridgehead atoms. The third-order valence-corrected chi connectivity index (χ3v) is 21.9. The predicted molar refractivity (Wildman–Crippen MR) is 478 cm³/mol. The smallest absolute Gasteiger partial charge is 0.317 e. The number of carbonyl (C=O) groups is 2. The molecule has 5 fully saturated rings. The topological polar surface area (TPSA) is 383 Å². The lowest BCUT2D eigenvalue weighted by Gasteiger charge is -2.30. The van der Waals surface area contributed by atoms with Crippen LogP contribution < -0.4 is 37.9 Å². The Morgan fingerprint density at radius 1 is 0.540 bits per heavy atom. The first kappa shape index (κ1) is 102. The number of esters is 2. The van der Waals surface area contributed by atoms with Crippen LogP contribution in [-0.4, -0.2) is 192 Å². The van der Waals surface area contributed by atoms with Crippen molar-refractivity contribution in [2.75, 3.05) is 81.4 Å². The van der Waals surface area contributed by atoms with Crippen molar-refractivity contribution in [3.63, 3.8) is 0 Å². The zero-order valence-electron chi connectivity index (χ0n) is 73.8. The van der Waals surface area contributed by atoms with Gasteiger partial charge in [-0.25, -0.2) is 56.2 Å². The summed E-state index contributed by atoms with van der Waals surface area (Å²) in [6.45, 7) is 22.6. The lowest BCUT2D eigenvalue weighted by molar-refractivity contribution is -0.154. The number of ether oxygens (including phenoxy) is 4. The van der Waals surface area contributed by atoms with E-state index in [1.54, 1.807) is 19.9 Å². The molecular weight excluding hydrogens is 1700 g/mol. The van der Waals surface area contributed by atoms with Crippen LogP contribution in [0.2, 0.25) is 15.5 Å². The summed E-state index contributed by atoms with van der Waals surface area (Å²) in [4.78, 5) is 67.5. The average Bonchev–Trinajstić information content (AvgIpc) is 1.52.